The summed E-state index contributed by atoms with van der Waals surface area (Å²) in [7, 11) is 1.60. The molecule has 2 aromatic rings. The number of halogens is 3. The zero-order valence-corrected chi connectivity index (χ0v) is 13.2. The van der Waals surface area contributed by atoms with Crippen LogP contribution in [0.2, 0.25) is 0 Å². The molecule has 0 aliphatic rings. The molecule has 0 spiro atoms. The van der Waals surface area contributed by atoms with E-state index in [2.05, 4.69) is 10.3 Å². The van der Waals surface area contributed by atoms with Crippen LogP contribution in [0.4, 0.5) is 29.3 Å². The Balaban J connectivity index is 1.92. The molecule has 0 bridgehead atoms. The molecule has 25 heavy (non-hydrogen) atoms. The maximum absolute atomic E-state index is 12.2. The molecule has 0 fully saturated rings. The number of nitrogens with one attached hydrogen (secondary N) is 2. The third-order valence-corrected chi connectivity index (χ3v) is 3.17. The first-order valence-electron chi connectivity index (χ1n) is 7.15. The molecule has 6 nitrogen and oxygen atoms in total. The number of urea groups is 1. The molecular formula is C16H15F3N4O2. The minimum Gasteiger partial charge on any atom is -0.323 e. The predicted molar refractivity (Wildman–Crippen MR) is 85.8 cm³/mol. The molecule has 0 aliphatic heterocycles. The van der Waals surface area contributed by atoms with Gasteiger partial charge >= 0.3 is 18.1 Å². The molecule has 0 saturated carbocycles. The van der Waals surface area contributed by atoms with E-state index in [1.807, 2.05) is 0 Å². The zero-order chi connectivity index (χ0) is 18.4. The summed E-state index contributed by atoms with van der Waals surface area (Å²) in [4.78, 5) is 28.3. The summed E-state index contributed by atoms with van der Waals surface area (Å²) in [5.41, 5.74) is 1.26. The van der Waals surface area contributed by atoms with Gasteiger partial charge in [-0.25, -0.2) is 4.79 Å². The highest BCUT2D eigenvalue weighted by molar-refractivity contribution is 5.95. The van der Waals surface area contributed by atoms with Gasteiger partial charge in [-0.2, -0.15) is 13.2 Å². The number of hydrogen-bond acceptors (Lipinski definition) is 3. The summed E-state index contributed by atoms with van der Waals surface area (Å²) >= 11 is 0. The summed E-state index contributed by atoms with van der Waals surface area (Å²) in [5.74, 6) is -2.05. The molecule has 3 amide bonds. The average Bonchev–Trinajstić information content (AvgIpc) is 2.56. The summed E-state index contributed by atoms with van der Waals surface area (Å²) in [5, 5.41) is 4.33. The molecule has 0 aliphatic carbocycles. The quantitative estimate of drug-likeness (QED) is 0.887. The van der Waals surface area contributed by atoms with E-state index in [0.29, 0.717) is 12.2 Å². The number of anilines is 2. The van der Waals surface area contributed by atoms with Crippen molar-refractivity contribution in [1.82, 2.24) is 9.88 Å². The van der Waals surface area contributed by atoms with Gasteiger partial charge in [0.15, 0.2) is 0 Å². The van der Waals surface area contributed by atoms with Crippen molar-refractivity contribution in [3.8, 4) is 0 Å². The summed E-state index contributed by atoms with van der Waals surface area (Å²) in [6.07, 6.45) is -1.72. The van der Waals surface area contributed by atoms with E-state index >= 15 is 0 Å². The Morgan fingerprint density at radius 2 is 1.52 bits per heavy atom. The van der Waals surface area contributed by atoms with E-state index < -0.39 is 12.1 Å². The summed E-state index contributed by atoms with van der Waals surface area (Å²) in [6, 6.07) is 8.49. The van der Waals surface area contributed by atoms with Crippen molar-refractivity contribution >= 4 is 23.3 Å². The SMILES string of the molecule is CN(Cc1ccncc1)C(=O)Nc1ccc(NC(=O)C(F)(F)F)cc1. The Morgan fingerprint density at radius 3 is 2.04 bits per heavy atom. The van der Waals surface area contributed by atoms with Crippen molar-refractivity contribution in [1.29, 1.82) is 0 Å². The molecule has 132 valence electrons. The topological polar surface area (TPSA) is 74.3 Å². The zero-order valence-electron chi connectivity index (χ0n) is 13.2. The van der Waals surface area contributed by atoms with Crippen LogP contribution >= 0.6 is 0 Å². The van der Waals surface area contributed by atoms with Crippen molar-refractivity contribution < 1.29 is 22.8 Å². The van der Waals surface area contributed by atoms with E-state index in [-0.39, 0.29) is 11.7 Å². The Kier molecular flexibility index (Phi) is 5.58. The second-order valence-corrected chi connectivity index (χ2v) is 5.17. The monoisotopic (exact) mass is 352 g/mol. The third-order valence-electron chi connectivity index (χ3n) is 3.17. The lowest BCUT2D eigenvalue weighted by atomic mass is 10.2. The molecule has 1 aromatic carbocycles. The van der Waals surface area contributed by atoms with Crippen molar-refractivity contribution in [3.05, 3.63) is 54.4 Å². The highest BCUT2D eigenvalue weighted by Gasteiger charge is 2.38. The van der Waals surface area contributed by atoms with E-state index in [9.17, 15) is 22.8 Å². The standard InChI is InChI=1S/C16H15F3N4O2/c1-23(10-11-6-8-20-9-7-11)15(25)22-13-4-2-12(3-5-13)21-14(24)16(17,18)19/h2-9H,10H2,1H3,(H,21,24)(H,22,25). The lowest BCUT2D eigenvalue weighted by Crippen LogP contribution is -2.31. The number of alkyl halides is 3. The van der Waals surface area contributed by atoms with Crippen LogP contribution in [0.3, 0.4) is 0 Å². The van der Waals surface area contributed by atoms with Gasteiger partial charge in [0.2, 0.25) is 0 Å². The van der Waals surface area contributed by atoms with Gasteiger partial charge in [0.1, 0.15) is 0 Å². The van der Waals surface area contributed by atoms with E-state index in [1.54, 1.807) is 36.9 Å². The first kappa shape index (κ1) is 18.2. The van der Waals surface area contributed by atoms with Crippen LogP contribution in [0.15, 0.2) is 48.8 Å². The minimum atomic E-state index is -4.96. The van der Waals surface area contributed by atoms with Crippen molar-refractivity contribution in [2.24, 2.45) is 0 Å². The van der Waals surface area contributed by atoms with Gasteiger partial charge < -0.3 is 15.5 Å². The van der Waals surface area contributed by atoms with Gasteiger partial charge in [0, 0.05) is 37.4 Å². The van der Waals surface area contributed by atoms with Gasteiger partial charge in [-0.05, 0) is 42.0 Å². The molecular weight excluding hydrogens is 337 g/mol. The maximum atomic E-state index is 12.2. The molecule has 1 heterocycles. The predicted octanol–water partition coefficient (Wildman–Crippen LogP) is 3.25. The highest BCUT2D eigenvalue weighted by Crippen LogP contribution is 2.19. The number of hydrogen-bond donors (Lipinski definition) is 2. The van der Waals surface area contributed by atoms with E-state index in [4.69, 9.17) is 0 Å². The fraction of sp³-hybridized carbons (Fsp3) is 0.188. The number of amides is 3. The van der Waals surface area contributed by atoms with Crippen LogP contribution in [0, 0.1) is 0 Å². The van der Waals surface area contributed by atoms with Crippen LogP contribution in [0.5, 0.6) is 0 Å². The normalized spacial score (nSPS) is 10.9. The number of aromatic nitrogens is 1. The van der Waals surface area contributed by atoms with Crippen molar-refractivity contribution in [2.45, 2.75) is 12.7 Å². The molecule has 2 rings (SSSR count). The van der Waals surface area contributed by atoms with Crippen molar-refractivity contribution in [2.75, 3.05) is 17.7 Å². The largest absolute Gasteiger partial charge is 0.471 e. The van der Waals surface area contributed by atoms with E-state index in [1.165, 1.54) is 29.2 Å². The second kappa shape index (κ2) is 7.65. The fourth-order valence-electron chi connectivity index (χ4n) is 1.89. The fourth-order valence-corrected chi connectivity index (χ4v) is 1.89. The average molecular weight is 352 g/mol. The smallest absolute Gasteiger partial charge is 0.323 e. The number of carbonyl (C=O) groups excluding carboxylic acids is 2. The molecule has 0 unspecified atom stereocenters. The number of nitrogens with zero attached hydrogens (tertiary/aromatic N) is 2. The summed E-state index contributed by atoms with van der Waals surface area (Å²) < 4.78 is 36.5. The minimum absolute atomic E-state index is 0.0227. The van der Waals surface area contributed by atoms with Gasteiger partial charge in [0.25, 0.3) is 0 Å². The number of rotatable bonds is 4. The Bertz CT molecular complexity index is 733. The molecule has 2 N–H and O–H groups in total. The second-order valence-electron chi connectivity index (χ2n) is 5.17. The molecule has 9 heteroatoms. The Morgan fingerprint density at radius 1 is 1.00 bits per heavy atom. The molecule has 0 atom stereocenters. The Hall–Kier alpha value is -3.10. The van der Waals surface area contributed by atoms with Gasteiger partial charge in [-0.15, -0.1) is 0 Å². The number of pyridine rings is 1. The van der Waals surface area contributed by atoms with Crippen LogP contribution in [-0.4, -0.2) is 35.0 Å². The van der Waals surface area contributed by atoms with Gasteiger partial charge in [-0.3, -0.25) is 9.78 Å². The van der Waals surface area contributed by atoms with Crippen LogP contribution < -0.4 is 10.6 Å². The molecule has 0 radical (unpaired) electrons. The first-order chi connectivity index (χ1) is 11.8. The molecule has 1 aromatic heterocycles. The van der Waals surface area contributed by atoms with Crippen LogP contribution in [0.25, 0.3) is 0 Å². The molecule has 0 saturated heterocycles. The van der Waals surface area contributed by atoms with Crippen LogP contribution in [0.1, 0.15) is 5.56 Å². The first-order valence-corrected chi connectivity index (χ1v) is 7.15. The van der Waals surface area contributed by atoms with Gasteiger partial charge in [-0.1, -0.05) is 0 Å². The number of carbonyl (C=O) groups is 2. The van der Waals surface area contributed by atoms with E-state index in [0.717, 1.165) is 5.56 Å². The summed E-state index contributed by atoms with van der Waals surface area (Å²) in [6.45, 7) is 0.369. The highest BCUT2D eigenvalue weighted by atomic mass is 19.4. The lowest BCUT2D eigenvalue weighted by Gasteiger charge is -2.18. The maximum Gasteiger partial charge on any atom is 0.471 e. The third kappa shape index (κ3) is 5.48. The van der Waals surface area contributed by atoms with Gasteiger partial charge in [0.05, 0.1) is 0 Å². The number of benzene rings is 1. The van der Waals surface area contributed by atoms with Crippen LogP contribution in [-0.2, 0) is 11.3 Å². The Labute approximate surface area is 141 Å². The van der Waals surface area contributed by atoms with Crippen molar-refractivity contribution in [3.63, 3.8) is 0 Å². The lowest BCUT2D eigenvalue weighted by molar-refractivity contribution is -0.167.